The molecule has 0 amide bonds. The summed E-state index contributed by atoms with van der Waals surface area (Å²) in [5, 5.41) is 10.1. The Morgan fingerprint density at radius 2 is 1.65 bits per heavy atom. The number of hydrogen-bond donors (Lipinski definition) is 1. The molecule has 17 heavy (non-hydrogen) atoms. The third-order valence-electron chi connectivity index (χ3n) is 5.19. The van der Waals surface area contributed by atoms with Gasteiger partial charge in [-0.2, -0.15) is 0 Å². The van der Waals surface area contributed by atoms with Gasteiger partial charge in [-0.1, -0.05) is 26.2 Å². The van der Waals surface area contributed by atoms with Gasteiger partial charge in [-0.05, 0) is 51.5 Å². The Balaban J connectivity index is 1.85. The van der Waals surface area contributed by atoms with Gasteiger partial charge in [-0.3, -0.25) is 4.90 Å². The van der Waals surface area contributed by atoms with E-state index in [-0.39, 0.29) is 6.10 Å². The Morgan fingerprint density at radius 1 is 1.00 bits per heavy atom. The number of hydrogen-bond acceptors (Lipinski definition) is 2. The quantitative estimate of drug-likeness (QED) is 0.817. The summed E-state index contributed by atoms with van der Waals surface area (Å²) < 4.78 is 0. The van der Waals surface area contributed by atoms with Crippen molar-refractivity contribution in [3.63, 3.8) is 0 Å². The summed E-state index contributed by atoms with van der Waals surface area (Å²) in [4.78, 5) is 2.51. The first kappa shape index (κ1) is 13.4. The standard InChI is InChI=1S/C15H29NO/c1-3-12-8-10-13(11-9-12)16(2)14-6-4-5-7-15(14)17/h12-15,17H,3-11H2,1-2H3. The molecule has 2 atom stereocenters. The van der Waals surface area contributed by atoms with Crippen LogP contribution in [0.15, 0.2) is 0 Å². The zero-order valence-corrected chi connectivity index (χ0v) is 11.6. The van der Waals surface area contributed by atoms with Crippen LogP contribution in [0.4, 0.5) is 0 Å². The van der Waals surface area contributed by atoms with E-state index in [4.69, 9.17) is 0 Å². The molecule has 2 fully saturated rings. The minimum absolute atomic E-state index is 0.0716. The van der Waals surface area contributed by atoms with Gasteiger partial charge in [-0.25, -0.2) is 0 Å². The van der Waals surface area contributed by atoms with Crippen LogP contribution in [0.25, 0.3) is 0 Å². The van der Waals surface area contributed by atoms with E-state index in [0.717, 1.165) is 18.4 Å². The predicted octanol–water partition coefficient (Wildman–Crippen LogP) is 3.19. The lowest BCUT2D eigenvalue weighted by molar-refractivity contribution is 0.00157. The van der Waals surface area contributed by atoms with Gasteiger partial charge in [0.15, 0.2) is 0 Å². The second-order valence-electron chi connectivity index (χ2n) is 6.17. The van der Waals surface area contributed by atoms with E-state index in [1.54, 1.807) is 0 Å². The highest BCUT2D eigenvalue weighted by molar-refractivity contribution is 4.87. The minimum atomic E-state index is -0.0716. The van der Waals surface area contributed by atoms with Crippen LogP contribution < -0.4 is 0 Å². The van der Waals surface area contributed by atoms with E-state index < -0.39 is 0 Å². The summed E-state index contributed by atoms with van der Waals surface area (Å²) in [5.74, 6) is 0.968. The fraction of sp³-hybridized carbons (Fsp3) is 1.00. The average molecular weight is 239 g/mol. The van der Waals surface area contributed by atoms with Crippen molar-refractivity contribution in [1.29, 1.82) is 0 Å². The highest BCUT2D eigenvalue weighted by Gasteiger charge is 2.32. The fourth-order valence-corrected chi connectivity index (χ4v) is 3.80. The van der Waals surface area contributed by atoms with Crippen molar-refractivity contribution in [1.82, 2.24) is 4.90 Å². The summed E-state index contributed by atoms with van der Waals surface area (Å²) >= 11 is 0. The first-order chi connectivity index (χ1) is 8.22. The van der Waals surface area contributed by atoms with Gasteiger partial charge < -0.3 is 5.11 Å². The van der Waals surface area contributed by atoms with E-state index in [1.165, 1.54) is 51.4 Å². The number of nitrogens with zero attached hydrogens (tertiary/aromatic N) is 1. The molecular weight excluding hydrogens is 210 g/mol. The monoisotopic (exact) mass is 239 g/mol. The molecular formula is C15H29NO. The van der Waals surface area contributed by atoms with E-state index in [0.29, 0.717) is 6.04 Å². The first-order valence-corrected chi connectivity index (χ1v) is 7.62. The Kier molecular flexibility index (Phi) is 4.87. The number of likely N-dealkylation sites (N-methyl/N-ethyl adjacent to an activating group) is 1. The average Bonchev–Trinajstić information content (AvgIpc) is 2.39. The summed E-state index contributed by atoms with van der Waals surface area (Å²) in [5.41, 5.74) is 0. The van der Waals surface area contributed by atoms with Gasteiger partial charge in [0.1, 0.15) is 0 Å². The Bertz CT molecular complexity index is 223. The largest absolute Gasteiger partial charge is 0.391 e. The van der Waals surface area contributed by atoms with Crippen molar-refractivity contribution in [3.8, 4) is 0 Å². The van der Waals surface area contributed by atoms with E-state index >= 15 is 0 Å². The van der Waals surface area contributed by atoms with Gasteiger partial charge in [0.2, 0.25) is 0 Å². The molecule has 1 N–H and O–H groups in total. The summed E-state index contributed by atoms with van der Waals surface area (Å²) in [7, 11) is 2.25. The summed E-state index contributed by atoms with van der Waals surface area (Å²) in [6.45, 7) is 2.32. The molecule has 2 rings (SSSR count). The molecule has 0 radical (unpaired) electrons. The van der Waals surface area contributed by atoms with E-state index in [2.05, 4.69) is 18.9 Å². The molecule has 2 unspecified atom stereocenters. The first-order valence-electron chi connectivity index (χ1n) is 7.62. The lowest BCUT2D eigenvalue weighted by Crippen LogP contribution is -2.49. The Hall–Kier alpha value is -0.0800. The van der Waals surface area contributed by atoms with Crippen molar-refractivity contribution in [3.05, 3.63) is 0 Å². The van der Waals surface area contributed by atoms with Crippen molar-refractivity contribution in [2.75, 3.05) is 7.05 Å². The molecule has 2 heteroatoms. The van der Waals surface area contributed by atoms with Gasteiger partial charge in [0.25, 0.3) is 0 Å². The molecule has 2 saturated carbocycles. The van der Waals surface area contributed by atoms with Crippen LogP contribution in [0.2, 0.25) is 0 Å². The lowest BCUT2D eigenvalue weighted by Gasteiger charge is -2.42. The smallest absolute Gasteiger partial charge is 0.0695 e. The van der Waals surface area contributed by atoms with E-state index in [1.807, 2.05) is 0 Å². The molecule has 0 saturated heterocycles. The Morgan fingerprint density at radius 3 is 2.24 bits per heavy atom. The highest BCUT2D eigenvalue weighted by atomic mass is 16.3. The molecule has 0 bridgehead atoms. The zero-order chi connectivity index (χ0) is 12.3. The third-order valence-corrected chi connectivity index (χ3v) is 5.19. The molecule has 0 aromatic rings. The van der Waals surface area contributed by atoms with Gasteiger partial charge >= 0.3 is 0 Å². The van der Waals surface area contributed by atoms with Crippen LogP contribution in [0.3, 0.4) is 0 Å². The molecule has 2 aliphatic carbocycles. The molecule has 0 aromatic carbocycles. The van der Waals surface area contributed by atoms with Crippen LogP contribution in [0.1, 0.15) is 64.7 Å². The van der Waals surface area contributed by atoms with Gasteiger partial charge in [0.05, 0.1) is 6.10 Å². The van der Waals surface area contributed by atoms with Crippen LogP contribution in [-0.4, -0.2) is 35.2 Å². The fourth-order valence-electron chi connectivity index (χ4n) is 3.80. The molecule has 0 aliphatic heterocycles. The SMILES string of the molecule is CCC1CCC(N(C)C2CCCCC2O)CC1. The molecule has 0 aromatic heterocycles. The summed E-state index contributed by atoms with van der Waals surface area (Å²) in [6, 6.07) is 1.17. The third kappa shape index (κ3) is 3.23. The maximum Gasteiger partial charge on any atom is 0.0695 e. The summed E-state index contributed by atoms with van der Waals surface area (Å²) in [6.07, 6.45) is 11.5. The van der Waals surface area contributed by atoms with Crippen LogP contribution in [-0.2, 0) is 0 Å². The number of aliphatic hydroxyl groups excluding tert-OH is 1. The molecule has 0 heterocycles. The number of aliphatic hydroxyl groups is 1. The highest BCUT2D eigenvalue weighted by Crippen LogP contribution is 2.32. The van der Waals surface area contributed by atoms with Crippen LogP contribution in [0.5, 0.6) is 0 Å². The minimum Gasteiger partial charge on any atom is -0.391 e. The molecule has 2 nitrogen and oxygen atoms in total. The predicted molar refractivity (Wildman–Crippen MR) is 72.1 cm³/mol. The van der Waals surface area contributed by atoms with E-state index in [9.17, 15) is 5.11 Å². The van der Waals surface area contributed by atoms with Gasteiger partial charge in [-0.15, -0.1) is 0 Å². The number of rotatable bonds is 3. The maximum atomic E-state index is 10.1. The van der Waals surface area contributed by atoms with Crippen molar-refractivity contribution in [2.45, 2.75) is 82.9 Å². The van der Waals surface area contributed by atoms with Crippen LogP contribution in [0, 0.1) is 5.92 Å². The topological polar surface area (TPSA) is 23.5 Å². The van der Waals surface area contributed by atoms with Gasteiger partial charge in [0, 0.05) is 12.1 Å². The zero-order valence-electron chi connectivity index (χ0n) is 11.6. The van der Waals surface area contributed by atoms with Crippen molar-refractivity contribution >= 4 is 0 Å². The maximum absolute atomic E-state index is 10.1. The molecule has 2 aliphatic rings. The molecule has 100 valence electrons. The Labute approximate surface area is 106 Å². The van der Waals surface area contributed by atoms with Crippen molar-refractivity contribution in [2.24, 2.45) is 5.92 Å². The normalized spacial score (nSPS) is 39.5. The second kappa shape index (κ2) is 6.19. The molecule has 0 spiro atoms. The second-order valence-corrected chi connectivity index (χ2v) is 6.17. The van der Waals surface area contributed by atoms with Crippen molar-refractivity contribution < 1.29 is 5.11 Å². The van der Waals surface area contributed by atoms with Crippen LogP contribution >= 0.6 is 0 Å². The lowest BCUT2D eigenvalue weighted by atomic mass is 9.82.